The quantitative estimate of drug-likeness (QED) is 0.418. The predicted octanol–water partition coefficient (Wildman–Crippen LogP) is 3.51. The summed E-state index contributed by atoms with van der Waals surface area (Å²) < 4.78 is 10.3. The van der Waals surface area contributed by atoms with Crippen molar-refractivity contribution in [2.24, 2.45) is 0 Å². The highest BCUT2D eigenvalue weighted by Gasteiger charge is 2.17. The molecule has 0 aliphatic heterocycles. The van der Waals surface area contributed by atoms with Crippen molar-refractivity contribution in [3.8, 4) is 5.75 Å². The Bertz CT molecular complexity index is 855. The van der Waals surface area contributed by atoms with E-state index in [9.17, 15) is 19.7 Å². The first-order valence-corrected chi connectivity index (χ1v) is 8.32. The molecule has 0 saturated carbocycles. The van der Waals surface area contributed by atoms with Gasteiger partial charge in [0.05, 0.1) is 18.0 Å². The summed E-state index contributed by atoms with van der Waals surface area (Å²) in [5.74, 6) is -0.677. The monoisotopic (exact) mass is 392 g/mol. The maximum Gasteiger partial charge on any atom is 0.309 e. The highest BCUT2D eigenvalue weighted by atomic mass is 35.5. The molecule has 0 aliphatic rings. The lowest BCUT2D eigenvalue weighted by Gasteiger charge is -2.09. The average Bonchev–Trinajstić information content (AvgIpc) is 2.61. The SMILES string of the molecule is Cc1ccccc1OCCC(=O)OCC(=O)Nc1cc(Cl)ccc1[N+](=O)[O-]. The number of ether oxygens (including phenoxy) is 2. The van der Waals surface area contributed by atoms with Gasteiger partial charge < -0.3 is 14.8 Å². The number of carbonyl (C=O) groups excluding carboxylic acids is 2. The van der Waals surface area contributed by atoms with Crippen LogP contribution in [0.15, 0.2) is 42.5 Å². The van der Waals surface area contributed by atoms with Gasteiger partial charge in [-0.15, -0.1) is 0 Å². The van der Waals surface area contributed by atoms with Crippen LogP contribution in [0, 0.1) is 17.0 Å². The number of amides is 1. The van der Waals surface area contributed by atoms with Gasteiger partial charge in [-0.3, -0.25) is 19.7 Å². The van der Waals surface area contributed by atoms with Gasteiger partial charge >= 0.3 is 5.97 Å². The van der Waals surface area contributed by atoms with Gasteiger partial charge in [0.15, 0.2) is 6.61 Å². The van der Waals surface area contributed by atoms with Gasteiger partial charge in [-0.2, -0.15) is 0 Å². The number of aryl methyl sites for hydroxylation is 1. The number of hydrogen-bond donors (Lipinski definition) is 1. The van der Waals surface area contributed by atoms with Crippen LogP contribution in [0.3, 0.4) is 0 Å². The molecule has 1 amide bonds. The van der Waals surface area contributed by atoms with Crippen molar-refractivity contribution in [2.75, 3.05) is 18.5 Å². The highest BCUT2D eigenvalue weighted by Crippen LogP contribution is 2.27. The highest BCUT2D eigenvalue weighted by molar-refractivity contribution is 6.31. The van der Waals surface area contributed by atoms with Gasteiger partial charge in [0.1, 0.15) is 11.4 Å². The number of rotatable bonds is 8. The number of nitrogens with one attached hydrogen (secondary N) is 1. The van der Waals surface area contributed by atoms with Crippen molar-refractivity contribution >= 4 is 34.9 Å². The normalized spacial score (nSPS) is 10.1. The van der Waals surface area contributed by atoms with Crippen molar-refractivity contribution < 1.29 is 24.0 Å². The molecule has 0 atom stereocenters. The first kappa shape index (κ1) is 20.2. The van der Waals surface area contributed by atoms with Gasteiger partial charge in [0.25, 0.3) is 11.6 Å². The summed E-state index contributed by atoms with van der Waals surface area (Å²) in [7, 11) is 0. The number of anilines is 1. The number of halogens is 1. The molecule has 0 heterocycles. The maximum atomic E-state index is 11.9. The molecule has 0 aliphatic carbocycles. The lowest BCUT2D eigenvalue weighted by atomic mass is 10.2. The van der Waals surface area contributed by atoms with E-state index in [0.717, 1.165) is 5.56 Å². The minimum absolute atomic E-state index is 0.0427. The minimum atomic E-state index is -0.714. The van der Waals surface area contributed by atoms with Crippen molar-refractivity contribution in [3.63, 3.8) is 0 Å². The predicted molar refractivity (Wildman–Crippen MR) is 99.0 cm³/mol. The number of nitrogens with zero attached hydrogens (tertiary/aromatic N) is 1. The smallest absolute Gasteiger partial charge is 0.309 e. The van der Waals surface area contributed by atoms with Crippen molar-refractivity contribution in [1.82, 2.24) is 0 Å². The van der Waals surface area contributed by atoms with Crippen molar-refractivity contribution in [3.05, 3.63) is 63.2 Å². The molecule has 0 aromatic heterocycles. The molecule has 0 spiro atoms. The Hall–Kier alpha value is -3.13. The fourth-order valence-electron chi connectivity index (χ4n) is 2.13. The largest absolute Gasteiger partial charge is 0.493 e. The Kier molecular flexibility index (Phi) is 7.13. The van der Waals surface area contributed by atoms with Crippen LogP contribution in [0.1, 0.15) is 12.0 Å². The molecule has 27 heavy (non-hydrogen) atoms. The van der Waals surface area contributed by atoms with Crippen LogP contribution in [0.25, 0.3) is 0 Å². The fraction of sp³-hybridized carbons (Fsp3) is 0.222. The van der Waals surface area contributed by atoms with Crippen LogP contribution in [0.2, 0.25) is 5.02 Å². The summed E-state index contributed by atoms with van der Waals surface area (Å²) in [6, 6.07) is 11.1. The number of benzene rings is 2. The molecule has 0 bridgehead atoms. The molecule has 0 radical (unpaired) electrons. The molecule has 142 valence electrons. The van der Waals surface area contributed by atoms with Crippen molar-refractivity contribution in [1.29, 1.82) is 0 Å². The Labute approximate surface area is 160 Å². The lowest BCUT2D eigenvalue weighted by Crippen LogP contribution is -2.22. The molecule has 8 nitrogen and oxygen atoms in total. The molecule has 0 fully saturated rings. The fourth-order valence-corrected chi connectivity index (χ4v) is 2.31. The molecule has 1 N–H and O–H groups in total. The topological polar surface area (TPSA) is 108 Å². The molecule has 9 heteroatoms. The van der Waals surface area contributed by atoms with E-state index in [-0.39, 0.29) is 29.4 Å². The lowest BCUT2D eigenvalue weighted by molar-refractivity contribution is -0.383. The zero-order valence-electron chi connectivity index (χ0n) is 14.4. The minimum Gasteiger partial charge on any atom is -0.493 e. The average molecular weight is 393 g/mol. The van der Waals surface area contributed by atoms with Crippen LogP contribution in [-0.4, -0.2) is 30.0 Å². The van der Waals surface area contributed by atoms with E-state index in [1.54, 1.807) is 6.07 Å². The molecule has 0 saturated heterocycles. The molecular formula is C18H17ClN2O6. The van der Waals surface area contributed by atoms with E-state index in [4.69, 9.17) is 21.1 Å². The summed E-state index contributed by atoms with van der Waals surface area (Å²) in [5.41, 5.74) is 0.551. The number of hydrogen-bond acceptors (Lipinski definition) is 6. The Morgan fingerprint density at radius 1 is 1.22 bits per heavy atom. The van der Waals surface area contributed by atoms with Gasteiger partial charge in [-0.1, -0.05) is 29.8 Å². The second-order valence-corrected chi connectivity index (χ2v) is 5.93. The number of carbonyl (C=O) groups is 2. The standard InChI is InChI=1S/C18H17ClN2O6/c1-12-4-2-3-5-16(12)26-9-8-18(23)27-11-17(22)20-14-10-13(19)6-7-15(14)21(24)25/h2-7,10H,8-9,11H2,1H3,(H,20,22). The zero-order chi connectivity index (χ0) is 19.8. The van der Waals surface area contributed by atoms with E-state index in [1.165, 1.54) is 18.2 Å². The molecule has 2 rings (SSSR count). The second kappa shape index (κ2) is 9.54. The third kappa shape index (κ3) is 6.27. The first-order valence-electron chi connectivity index (χ1n) is 7.94. The van der Waals surface area contributed by atoms with Crippen LogP contribution >= 0.6 is 11.6 Å². The Morgan fingerprint density at radius 2 is 1.96 bits per heavy atom. The van der Waals surface area contributed by atoms with Crippen molar-refractivity contribution in [2.45, 2.75) is 13.3 Å². The summed E-state index contributed by atoms with van der Waals surface area (Å²) in [5, 5.41) is 13.5. The zero-order valence-corrected chi connectivity index (χ0v) is 15.2. The number of para-hydroxylation sites is 1. The summed E-state index contributed by atoms with van der Waals surface area (Å²) in [4.78, 5) is 33.9. The summed E-state index contributed by atoms with van der Waals surface area (Å²) in [6.45, 7) is 1.41. The van der Waals surface area contributed by atoms with E-state index in [2.05, 4.69) is 5.32 Å². The number of nitro benzene ring substituents is 1. The number of nitro groups is 1. The van der Waals surface area contributed by atoms with Crippen LogP contribution in [0.4, 0.5) is 11.4 Å². The van der Waals surface area contributed by atoms with E-state index in [0.29, 0.717) is 5.75 Å². The molecule has 2 aromatic carbocycles. The van der Waals surface area contributed by atoms with Crippen LogP contribution < -0.4 is 10.1 Å². The van der Waals surface area contributed by atoms with Gasteiger partial charge in [0.2, 0.25) is 0 Å². The molecular weight excluding hydrogens is 376 g/mol. The number of esters is 1. The maximum absolute atomic E-state index is 11.9. The summed E-state index contributed by atoms with van der Waals surface area (Å²) >= 11 is 5.78. The van der Waals surface area contributed by atoms with E-state index >= 15 is 0 Å². The van der Waals surface area contributed by atoms with Gasteiger partial charge in [-0.05, 0) is 30.7 Å². The second-order valence-electron chi connectivity index (χ2n) is 5.49. The van der Waals surface area contributed by atoms with Crippen LogP contribution in [0.5, 0.6) is 5.75 Å². The first-order chi connectivity index (χ1) is 12.9. The Morgan fingerprint density at radius 3 is 2.67 bits per heavy atom. The Balaban J connectivity index is 1.78. The van der Waals surface area contributed by atoms with E-state index < -0.39 is 23.4 Å². The van der Waals surface area contributed by atoms with Crippen LogP contribution in [-0.2, 0) is 14.3 Å². The summed E-state index contributed by atoms with van der Waals surface area (Å²) in [6.07, 6.45) is -0.0427. The van der Waals surface area contributed by atoms with Gasteiger partial charge in [-0.25, -0.2) is 0 Å². The third-order valence-electron chi connectivity index (χ3n) is 3.45. The molecule has 2 aromatic rings. The van der Waals surface area contributed by atoms with Gasteiger partial charge in [0, 0.05) is 11.1 Å². The molecule has 0 unspecified atom stereocenters. The van der Waals surface area contributed by atoms with E-state index in [1.807, 2.05) is 25.1 Å². The third-order valence-corrected chi connectivity index (χ3v) is 3.69.